The first-order valence-electron chi connectivity index (χ1n) is 11.0. The van der Waals surface area contributed by atoms with Crippen LogP contribution in [0.1, 0.15) is 31.1 Å². The Kier molecular flexibility index (Phi) is 6.00. The molecular weight excluding hydrogens is 550 g/mol. The largest absolute Gasteiger partial charge is 0.545 e. The van der Waals surface area contributed by atoms with Crippen LogP contribution in [0.5, 0.6) is 0 Å². The van der Waals surface area contributed by atoms with Gasteiger partial charge in [0.2, 0.25) is 0 Å². The quantitative estimate of drug-likeness (QED) is 0.275. The molecule has 1 aliphatic heterocycles. The van der Waals surface area contributed by atoms with Crippen molar-refractivity contribution in [2.24, 2.45) is 0 Å². The summed E-state index contributed by atoms with van der Waals surface area (Å²) in [6.45, 7) is 0. The average molecular weight is 566 g/mol. The molecule has 0 aliphatic carbocycles. The Bertz CT molecular complexity index is 1920. The molecule has 14 heteroatoms. The summed E-state index contributed by atoms with van der Waals surface area (Å²) < 4.78 is 58.4. The number of carboxylic acids is 2. The summed E-state index contributed by atoms with van der Waals surface area (Å²) in [4.78, 5) is 33.6. The number of sulfonamides is 2. The topological polar surface area (TPSA) is 202 Å². The summed E-state index contributed by atoms with van der Waals surface area (Å²) in [6.07, 6.45) is 0. The fraction of sp³-hybridized carbons (Fsp3) is 0. The number of benzene rings is 4. The van der Waals surface area contributed by atoms with Crippen LogP contribution in [-0.4, -0.2) is 34.7 Å². The standard InChI is InChI=1S/C25H17N3O9S2/c29-23-18-3-1-2-17-19(38(34,35)27-15-8-4-13(5-9-15)24(30)31)12-20(22(26-23)21(17)18)39(36,37)28-16-10-6-14(7-11-16)25(32)33/h1-12,27-28H,(H,26,29)(H,30,31)(H,32,33)/p-2. The third kappa shape index (κ3) is 4.62. The van der Waals surface area contributed by atoms with Crippen LogP contribution in [0.25, 0.3) is 10.8 Å². The monoisotopic (exact) mass is 565 g/mol. The molecule has 1 heterocycles. The van der Waals surface area contributed by atoms with Gasteiger partial charge >= 0.3 is 0 Å². The minimum absolute atomic E-state index is 0.00648. The molecule has 0 bridgehead atoms. The van der Waals surface area contributed by atoms with Crippen LogP contribution in [0.4, 0.5) is 17.1 Å². The molecule has 0 spiro atoms. The van der Waals surface area contributed by atoms with E-state index in [-0.39, 0.29) is 44.5 Å². The highest BCUT2D eigenvalue weighted by Crippen LogP contribution is 2.42. The molecule has 5 rings (SSSR count). The zero-order chi connectivity index (χ0) is 28.1. The maximum absolute atomic E-state index is 13.5. The third-order valence-electron chi connectivity index (χ3n) is 5.90. The number of carbonyl (C=O) groups excluding carboxylic acids is 3. The summed E-state index contributed by atoms with van der Waals surface area (Å²) in [6, 6.07) is 14.4. The van der Waals surface area contributed by atoms with Crippen LogP contribution in [0, 0.1) is 0 Å². The lowest BCUT2D eigenvalue weighted by molar-refractivity contribution is -0.256. The van der Waals surface area contributed by atoms with Gasteiger partial charge in [-0.15, -0.1) is 0 Å². The van der Waals surface area contributed by atoms with Crippen molar-refractivity contribution >= 4 is 65.7 Å². The van der Waals surface area contributed by atoms with Crippen molar-refractivity contribution in [1.82, 2.24) is 0 Å². The predicted octanol–water partition coefficient (Wildman–Crippen LogP) is 0.734. The van der Waals surface area contributed by atoms with E-state index in [0.29, 0.717) is 0 Å². The highest BCUT2D eigenvalue weighted by molar-refractivity contribution is 7.93. The summed E-state index contributed by atoms with van der Waals surface area (Å²) in [7, 11) is -9.02. The molecule has 1 amide bonds. The van der Waals surface area contributed by atoms with Crippen LogP contribution in [-0.2, 0) is 20.0 Å². The van der Waals surface area contributed by atoms with Crippen molar-refractivity contribution in [3.05, 3.63) is 89.5 Å². The molecule has 1 aliphatic rings. The number of hydrogen-bond acceptors (Lipinski definition) is 9. The molecule has 0 atom stereocenters. The van der Waals surface area contributed by atoms with Crippen LogP contribution in [0.15, 0.2) is 82.6 Å². The Labute approximate surface area is 221 Å². The molecule has 39 heavy (non-hydrogen) atoms. The molecule has 0 aromatic heterocycles. The lowest BCUT2D eigenvalue weighted by Crippen LogP contribution is -2.22. The minimum Gasteiger partial charge on any atom is -0.545 e. The lowest BCUT2D eigenvalue weighted by atomic mass is 10.1. The Balaban J connectivity index is 1.64. The van der Waals surface area contributed by atoms with Crippen LogP contribution in [0.3, 0.4) is 0 Å². The van der Waals surface area contributed by atoms with Crippen molar-refractivity contribution in [3.8, 4) is 0 Å². The lowest BCUT2D eigenvalue weighted by Gasteiger charge is -2.16. The molecule has 12 nitrogen and oxygen atoms in total. The number of aromatic carboxylic acids is 2. The highest BCUT2D eigenvalue weighted by atomic mass is 32.2. The first-order valence-corrected chi connectivity index (χ1v) is 13.9. The number of anilines is 3. The molecule has 0 saturated heterocycles. The van der Waals surface area contributed by atoms with Gasteiger partial charge < -0.3 is 25.1 Å². The van der Waals surface area contributed by atoms with E-state index < -0.39 is 47.7 Å². The molecule has 3 N–H and O–H groups in total. The normalized spacial score (nSPS) is 12.7. The van der Waals surface area contributed by atoms with Gasteiger partial charge in [-0.3, -0.25) is 14.2 Å². The van der Waals surface area contributed by atoms with E-state index >= 15 is 0 Å². The molecule has 4 aromatic carbocycles. The van der Waals surface area contributed by atoms with Crippen LogP contribution < -0.4 is 25.0 Å². The highest BCUT2D eigenvalue weighted by Gasteiger charge is 2.33. The first kappa shape index (κ1) is 25.7. The predicted molar refractivity (Wildman–Crippen MR) is 135 cm³/mol. The van der Waals surface area contributed by atoms with Gasteiger partial charge in [-0.2, -0.15) is 0 Å². The number of amides is 1. The number of nitrogens with one attached hydrogen (secondary N) is 3. The van der Waals surface area contributed by atoms with Crippen molar-refractivity contribution in [2.45, 2.75) is 9.79 Å². The van der Waals surface area contributed by atoms with E-state index in [0.717, 1.165) is 30.3 Å². The van der Waals surface area contributed by atoms with Crippen LogP contribution >= 0.6 is 0 Å². The number of rotatable bonds is 8. The molecule has 4 aromatic rings. The second-order valence-corrected chi connectivity index (χ2v) is 11.7. The average Bonchev–Trinajstić information content (AvgIpc) is 3.21. The fourth-order valence-corrected chi connectivity index (χ4v) is 6.73. The van der Waals surface area contributed by atoms with Crippen molar-refractivity contribution in [3.63, 3.8) is 0 Å². The van der Waals surface area contributed by atoms with E-state index in [2.05, 4.69) is 14.8 Å². The van der Waals surface area contributed by atoms with E-state index in [1.807, 2.05) is 0 Å². The molecule has 0 unspecified atom stereocenters. The second kappa shape index (κ2) is 9.11. The van der Waals surface area contributed by atoms with E-state index in [4.69, 9.17) is 0 Å². The van der Waals surface area contributed by atoms with Gasteiger partial charge in [-0.25, -0.2) is 16.8 Å². The molecular formula is C25H15N3O9S2-2. The second-order valence-electron chi connectivity index (χ2n) is 8.37. The van der Waals surface area contributed by atoms with E-state index in [1.54, 1.807) is 0 Å². The molecule has 0 radical (unpaired) electrons. The van der Waals surface area contributed by atoms with Gasteiger partial charge in [0.15, 0.2) is 0 Å². The smallest absolute Gasteiger partial charge is 0.264 e. The number of carboxylic acid groups (broad SMARTS) is 2. The maximum atomic E-state index is 13.5. The van der Waals surface area contributed by atoms with Crippen molar-refractivity contribution in [1.29, 1.82) is 0 Å². The summed E-state index contributed by atoms with van der Waals surface area (Å²) >= 11 is 0. The summed E-state index contributed by atoms with van der Waals surface area (Å²) in [5.41, 5.74) is -0.464. The molecule has 0 fully saturated rings. The van der Waals surface area contributed by atoms with E-state index in [9.17, 15) is 41.4 Å². The van der Waals surface area contributed by atoms with Gasteiger partial charge in [0.1, 0.15) is 4.90 Å². The van der Waals surface area contributed by atoms with Gasteiger partial charge in [0.25, 0.3) is 26.0 Å². The van der Waals surface area contributed by atoms with Gasteiger partial charge in [0.05, 0.1) is 22.5 Å². The summed E-state index contributed by atoms with van der Waals surface area (Å²) in [5.74, 6) is -3.55. The maximum Gasteiger partial charge on any atom is 0.264 e. The first-order chi connectivity index (χ1) is 18.4. The molecule has 0 saturated carbocycles. The van der Waals surface area contributed by atoms with Gasteiger partial charge in [0, 0.05) is 27.7 Å². The Morgan fingerprint density at radius 1 is 0.692 bits per heavy atom. The summed E-state index contributed by atoms with van der Waals surface area (Å²) in [5, 5.41) is 24.6. The third-order valence-corrected chi connectivity index (χ3v) is 8.72. The SMILES string of the molecule is O=C([O-])c1ccc(NS(=O)(=O)c2cc(S(=O)(=O)Nc3ccc(C(=O)[O-])cc3)c3cccc4c3c2NC4=O)cc1. The van der Waals surface area contributed by atoms with E-state index in [1.165, 1.54) is 42.5 Å². The number of hydrogen-bond donors (Lipinski definition) is 3. The Morgan fingerprint density at radius 2 is 1.18 bits per heavy atom. The minimum atomic E-state index is -4.53. The zero-order valence-corrected chi connectivity index (χ0v) is 21.1. The van der Waals surface area contributed by atoms with Crippen molar-refractivity contribution < 1.29 is 41.4 Å². The fourth-order valence-electron chi connectivity index (χ4n) is 4.12. The molecule has 198 valence electrons. The Hall–Kier alpha value is -4.95. The van der Waals surface area contributed by atoms with Gasteiger partial charge in [-0.1, -0.05) is 36.4 Å². The number of carbonyl (C=O) groups is 3. The van der Waals surface area contributed by atoms with Gasteiger partial charge in [-0.05, 0) is 47.5 Å². The van der Waals surface area contributed by atoms with Crippen molar-refractivity contribution in [2.75, 3.05) is 14.8 Å². The Morgan fingerprint density at radius 3 is 1.67 bits per heavy atom. The van der Waals surface area contributed by atoms with Crippen LogP contribution in [0.2, 0.25) is 0 Å². The zero-order valence-electron chi connectivity index (χ0n) is 19.4.